The number of likely N-dealkylation sites (tertiary alicyclic amines) is 1. The maximum atomic E-state index is 12.6. The van der Waals surface area contributed by atoms with E-state index in [1.807, 2.05) is 22.8 Å². The van der Waals surface area contributed by atoms with Crippen molar-refractivity contribution in [3.8, 4) is 11.1 Å². The third-order valence-corrected chi connectivity index (χ3v) is 12.4. The van der Waals surface area contributed by atoms with Crippen molar-refractivity contribution in [1.29, 1.82) is 0 Å². The molecule has 1 N–H and O–H groups in total. The fourth-order valence-electron chi connectivity index (χ4n) is 9.25. The van der Waals surface area contributed by atoms with E-state index in [2.05, 4.69) is 73.8 Å². The summed E-state index contributed by atoms with van der Waals surface area (Å²) in [5.41, 5.74) is 8.75. The number of carboxylic acid groups (broad SMARTS) is 1. The lowest BCUT2D eigenvalue weighted by molar-refractivity contribution is -0.129. The van der Waals surface area contributed by atoms with Crippen LogP contribution in [0.5, 0.6) is 0 Å². The fraction of sp³-hybridized carbons (Fsp3) is 0.550. The molecule has 2 fully saturated rings. The van der Waals surface area contributed by atoms with Crippen molar-refractivity contribution < 1.29 is 14.7 Å². The predicted octanol–water partition coefficient (Wildman–Crippen LogP) is 5.26. The number of aromatic carboxylic acids is 1. The van der Waals surface area contributed by atoms with Gasteiger partial charge in [0, 0.05) is 94.9 Å². The van der Waals surface area contributed by atoms with Gasteiger partial charge in [0.2, 0.25) is 5.91 Å². The van der Waals surface area contributed by atoms with Crippen LogP contribution in [0.2, 0.25) is 0 Å². The Morgan fingerprint density at radius 3 is 2.49 bits per heavy atom. The molecule has 0 aliphatic carbocycles. The second kappa shape index (κ2) is 13.9. The molecule has 8 rings (SSSR count). The first-order valence-electron chi connectivity index (χ1n) is 19.3. The summed E-state index contributed by atoms with van der Waals surface area (Å²) in [6.45, 7) is 15.7. The first-order valence-corrected chi connectivity index (χ1v) is 19.3. The van der Waals surface area contributed by atoms with E-state index in [0.29, 0.717) is 18.5 Å². The topological polar surface area (TPSA) is 129 Å². The number of aromatic nitrogens is 6. The molecule has 0 radical (unpaired) electrons. The molecule has 53 heavy (non-hydrogen) atoms. The van der Waals surface area contributed by atoms with Crippen LogP contribution in [-0.4, -0.2) is 102 Å². The van der Waals surface area contributed by atoms with E-state index < -0.39 is 5.97 Å². The molecule has 1 atom stereocenters. The zero-order valence-corrected chi connectivity index (χ0v) is 31.8. The Morgan fingerprint density at radius 2 is 1.81 bits per heavy atom. The van der Waals surface area contributed by atoms with Gasteiger partial charge in [0.15, 0.2) is 17.3 Å². The van der Waals surface area contributed by atoms with Crippen LogP contribution in [0.25, 0.3) is 11.1 Å². The van der Waals surface area contributed by atoms with E-state index in [9.17, 15) is 14.7 Å². The van der Waals surface area contributed by atoms with Crippen LogP contribution in [0.3, 0.4) is 0 Å². The van der Waals surface area contributed by atoms with Crippen LogP contribution in [0.15, 0.2) is 36.7 Å². The van der Waals surface area contributed by atoms with Crippen molar-refractivity contribution in [2.45, 2.75) is 78.8 Å². The Kier molecular flexibility index (Phi) is 9.24. The summed E-state index contributed by atoms with van der Waals surface area (Å²) in [7, 11) is 1.96. The van der Waals surface area contributed by atoms with Gasteiger partial charge in [-0.1, -0.05) is 13.8 Å². The summed E-state index contributed by atoms with van der Waals surface area (Å²) < 4.78 is 4.22. The van der Waals surface area contributed by atoms with Gasteiger partial charge in [0.05, 0.1) is 18.8 Å². The third-order valence-electron chi connectivity index (χ3n) is 12.4. The van der Waals surface area contributed by atoms with E-state index in [1.54, 1.807) is 19.1 Å². The molecule has 3 aromatic heterocycles. The van der Waals surface area contributed by atoms with Crippen molar-refractivity contribution in [1.82, 2.24) is 39.6 Å². The largest absolute Gasteiger partial charge is 0.476 e. The van der Waals surface area contributed by atoms with Crippen molar-refractivity contribution >= 4 is 29.2 Å². The molecule has 7 heterocycles. The number of hydrogen-bond acceptors (Lipinski definition) is 9. The number of anilines is 3. The highest BCUT2D eigenvalue weighted by Crippen LogP contribution is 2.42. The maximum Gasteiger partial charge on any atom is 0.356 e. The Bertz CT molecular complexity index is 2010. The van der Waals surface area contributed by atoms with Crippen LogP contribution < -0.4 is 9.80 Å². The first kappa shape index (κ1) is 35.3. The normalized spacial score (nSPS) is 20.7. The number of carbonyl (C=O) groups excluding carboxylic acids is 1. The molecule has 0 saturated carbocycles. The number of benzene rings is 1. The highest BCUT2D eigenvalue weighted by molar-refractivity contribution is 5.85. The van der Waals surface area contributed by atoms with Crippen molar-refractivity contribution in [3.05, 3.63) is 64.7 Å². The van der Waals surface area contributed by atoms with Gasteiger partial charge >= 0.3 is 5.97 Å². The van der Waals surface area contributed by atoms with E-state index in [1.165, 1.54) is 33.6 Å². The second-order valence-corrected chi connectivity index (χ2v) is 16.3. The zero-order valence-electron chi connectivity index (χ0n) is 31.8. The number of carboxylic acids is 1. The molecule has 1 aromatic carbocycles. The van der Waals surface area contributed by atoms with Gasteiger partial charge in [0.1, 0.15) is 0 Å². The Labute approximate surface area is 311 Å². The number of carbonyl (C=O) groups is 2. The summed E-state index contributed by atoms with van der Waals surface area (Å²) in [5, 5.41) is 27.3. The molecular formula is C40H52N10O3. The van der Waals surface area contributed by atoms with Crippen LogP contribution in [0.1, 0.15) is 85.4 Å². The average molecular weight is 721 g/mol. The maximum absolute atomic E-state index is 12.6. The molecule has 0 bridgehead atoms. The van der Waals surface area contributed by atoms with E-state index >= 15 is 0 Å². The highest BCUT2D eigenvalue weighted by Gasteiger charge is 2.39. The van der Waals surface area contributed by atoms with E-state index in [-0.39, 0.29) is 17.0 Å². The van der Waals surface area contributed by atoms with Crippen LogP contribution in [-0.2, 0) is 31.2 Å². The lowest BCUT2D eigenvalue weighted by Crippen LogP contribution is -2.50. The molecule has 4 aromatic rings. The SMILES string of the molecule is CC(=O)N1CCc2c(c(N3CCCc4cc(-c5cnn(C)c5)c(C)cc43)nn2C2CCN(CC3CCN(c4ccc(C(=O)O)nn4)CC3(C)C)CC2)C1. The standard InChI is InChI=1S/C40H52N10O3/c1-26-19-36-28(20-32(26)29-21-41-45(5)22-29)7-6-14-49(36)38-33-24-47(27(2)51)18-13-35(33)50(44-38)31-11-15-46(16-12-31)23-30-10-17-48(25-40(30,3)4)37-9-8-34(39(52)53)42-43-37/h8-9,19-22,30-31H,6-7,10-18,23-25H2,1-5H3,(H,52,53). The molecule has 13 nitrogen and oxygen atoms in total. The quantitative estimate of drug-likeness (QED) is 0.270. The molecule has 0 spiro atoms. The number of fused-ring (bicyclic) bond motifs is 2. The molecule has 1 unspecified atom stereocenters. The number of rotatable bonds is 7. The molecule has 4 aliphatic rings. The van der Waals surface area contributed by atoms with Crippen LogP contribution >= 0.6 is 0 Å². The monoisotopic (exact) mass is 720 g/mol. The minimum Gasteiger partial charge on any atom is -0.476 e. The smallest absolute Gasteiger partial charge is 0.356 e. The van der Waals surface area contributed by atoms with Crippen molar-refractivity contribution in [2.75, 3.05) is 55.6 Å². The number of nitrogens with zero attached hydrogens (tertiary/aromatic N) is 10. The molecular weight excluding hydrogens is 669 g/mol. The van der Waals surface area contributed by atoms with E-state index in [0.717, 1.165) is 102 Å². The van der Waals surface area contributed by atoms with Gasteiger partial charge in [-0.25, -0.2) is 4.79 Å². The van der Waals surface area contributed by atoms with Crippen molar-refractivity contribution in [2.24, 2.45) is 18.4 Å². The summed E-state index contributed by atoms with van der Waals surface area (Å²) in [5.74, 6) is 1.38. The number of hydrogen-bond donors (Lipinski definition) is 1. The molecule has 13 heteroatoms. The van der Waals surface area contributed by atoms with Gasteiger partial charge in [-0.2, -0.15) is 10.2 Å². The number of piperidine rings is 2. The molecule has 4 aliphatic heterocycles. The Morgan fingerprint density at radius 1 is 1.00 bits per heavy atom. The highest BCUT2D eigenvalue weighted by atomic mass is 16.4. The Hall–Kier alpha value is -4.78. The Balaban J connectivity index is 0.987. The second-order valence-electron chi connectivity index (χ2n) is 16.3. The summed E-state index contributed by atoms with van der Waals surface area (Å²) in [6.07, 6.45) is 10.1. The lowest BCUT2D eigenvalue weighted by Gasteiger charge is -2.47. The van der Waals surface area contributed by atoms with Crippen molar-refractivity contribution in [3.63, 3.8) is 0 Å². The molecule has 1 amide bonds. The number of amides is 1. The summed E-state index contributed by atoms with van der Waals surface area (Å²) >= 11 is 0. The first-order chi connectivity index (χ1) is 25.4. The fourth-order valence-corrected chi connectivity index (χ4v) is 9.25. The average Bonchev–Trinajstić information content (AvgIpc) is 3.75. The van der Waals surface area contributed by atoms with Gasteiger partial charge < -0.3 is 24.7 Å². The van der Waals surface area contributed by atoms with Gasteiger partial charge in [-0.3, -0.25) is 14.2 Å². The summed E-state index contributed by atoms with van der Waals surface area (Å²) in [6, 6.07) is 8.34. The minimum atomic E-state index is -1.06. The van der Waals surface area contributed by atoms with E-state index in [4.69, 9.17) is 5.10 Å². The van der Waals surface area contributed by atoms with Gasteiger partial charge in [-0.05, 0) is 91.3 Å². The zero-order chi connectivity index (χ0) is 37.0. The lowest BCUT2D eigenvalue weighted by atomic mass is 9.73. The van der Waals surface area contributed by atoms with Crippen LogP contribution in [0, 0.1) is 18.3 Å². The summed E-state index contributed by atoms with van der Waals surface area (Å²) in [4.78, 5) is 33.2. The number of aryl methyl sites for hydroxylation is 3. The van der Waals surface area contributed by atoms with Gasteiger partial charge in [-0.15, -0.1) is 10.2 Å². The minimum absolute atomic E-state index is 0.0288. The molecule has 2 saturated heterocycles. The van der Waals surface area contributed by atoms with Gasteiger partial charge in [0.25, 0.3) is 0 Å². The third kappa shape index (κ3) is 6.79. The van der Waals surface area contributed by atoms with Crippen LogP contribution in [0.4, 0.5) is 17.3 Å². The molecule has 280 valence electrons. The predicted molar refractivity (Wildman–Crippen MR) is 204 cm³/mol.